The van der Waals surface area contributed by atoms with Crippen LogP contribution in [0.2, 0.25) is 0 Å². The van der Waals surface area contributed by atoms with Crippen LogP contribution in [0.15, 0.2) is 21.9 Å². The minimum absolute atomic E-state index is 0.0107. The van der Waals surface area contributed by atoms with Crippen LogP contribution in [0, 0.1) is 12.8 Å². The third kappa shape index (κ3) is 3.61. The number of nitrogens with two attached hydrogens (primary N) is 1. The highest BCUT2D eigenvalue weighted by atomic mass is 32.1. The molecular weight excluding hydrogens is 314 g/mol. The average Bonchev–Trinajstić information content (AvgIpc) is 3.16. The van der Waals surface area contributed by atoms with Crippen LogP contribution in [0.4, 0.5) is 0 Å². The Labute approximate surface area is 138 Å². The lowest BCUT2D eigenvalue weighted by Crippen LogP contribution is -2.44. The quantitative estimate of drug-likeness (QED) is 0.926. The third-order valence-electron chi connectivity index (χ3n) is 4.01. The van der Waals surface area contributed by atoms with Gasteiger partial charge in [0.05, 0.1) is 18.0 Å². The minimum atomic E-state index is -0.327. The predicted octanol–water partition coefficient (Wildman–Crippen LogP) is 1.98. The van der Waals surface area contributed by atoms with Gasteiger partial charge in [0.2, 0.25) is 11.8 Å². The van der Waals surface area contributed by atoms with E-state index in [1.165, 1.54) is 11.3 Å². The Morgan fingerprint density at radius 1 is 1.48 bits per heavy atom. The Bertz CT molecular complexity index is 722. The first-order valence-corrected chi connectivity index (χ1v) is 8.49. The first kappa shape index (κ1) is 15.7. The van der Waals surface area contributed by atoms with Gasteiger partial charge in [-0.05, 0) is 31.9 Å². The van der Waals surface area contributed by atoms with Gasteiger partial charge in [-0.2, -0.15) is 0 Å². The van der Waals surface area contributed by atoms with E-state index in [0.717, 1.165) is 35.1 Å². The number of aromatic nitrogens is 1. The molecule has 7 heteroatoms. The molecule has 1 fully saturated rings. The van der Waals surface area contributed by atoms with E-state index in [-0.39, 0.29) is 24.2 Å². The molecule has 122 valence electrons. The standard InChI is InChI=1S/C16H19N3O3S/c1-10-4-5-13(22-10)16-18-12(9-23-16)7-14(20)19-6-2-3-11(8-19)15(17)21/h4-5,9,11H,2-3,6-8H2,1H3,(H2,17,21)/t11-/m1/s1. The van der Waals surface area contributed by atoms with Crippen LogP contribution in [0.5, 0.6) is 0 Å². The lowest BCUT2D eigenvalue weighted by atomic mass is 9.97. The summed E-state index contributed by atoms with van der Waals surface area (Å²) in [7, 11) is 0. The van der Waals surface area contributed by atoms with Crippen LogP contribution >= 0.6 is 11.3 Å². The first-order valence-electron chi connectivity index (χ1n) is 7.61. The fourth-order valence-corrected chi connectivity index (χ4v) is 3.53. The van der Waals surface area contributed by atoms with Crippen molar-refractivity contribution < 1.29 is 14.0 Å². The fourth-order valence-electron chi connectivity index (χ4n) is 2.75. The van der Waals surface area contributed by atoms with Gasteiger partial charge in [-0.15, -0.1) is 11.3 Å². The largest absolute Gasteiger partial charge is 0.459 e. The Balaban J connectivity index is 1.64. The molecule has 2 aromatic rings. The molecule has 0 aromatic carbocycles. The van der Waals surface area contributed by atoms with Gasteiger partial charge in [-0.1, -0.05) is 0 Å². The van der Waals surface area contributed by atoms with Crippen LogP contribution < -0.4 is 5.73 Å². The lowest BCUT2D eigenvalue weighted by molar-refractivity contribution is -0.134. The van der Waals surface area contributed by atoms with Crippen molar-refractivity contribution in [1.82, 2.24) is 9.88 Å². The topological polar surface area (TPSA) is 89.4 Å². The molecule has 2 amide bonds. The molecule has 0 saturated carbocycles. The Hall–Kier alpha value is -2.15. The van der Waals surface area contributed by atoms with E-state index in [9.17, 15) is 9.59 Å². The zero-order valence-corrected chi connectivity index (χ0v) is 13.8. The number of furan rings is 1. The molecule has 1 aliphatic rings. The highest BCUT2D eigenvalue weighted by Gasteiger charge is 2.27. The number of piperidine rings is 1. The molecule has 1 aliphatic heterocycles. The number of likely N-dealkylation sites (tertiary alicyclic amines) is 1. The van der Waals surface area contributed by atoms with Crippen LogP contribution in [0.1, 0.15) is 24.3 Å². The summed E-state index contributed by atoms with van der Waals surface area (Å²) in [5.41, 5.74) is 6.08. The number of hydrogen-bond donors (Lipinski definition) is 1. The molecule has 1 atom stereocenters. The molecular formula is C16H19N3O3S. The van der Waals surface area contributed by atoms with Crippen LogP contribution in [-0.4, -0.2) is 34.8 Å². The molecule has 3 heterocycles. The highest BCUT2D eigenvalue weighted by Crippen LogP contribution is 2.26. The van der Waals surface area contributed by atoms with Gasteiger partial charge >= 0.3 is 0 Å². The Kier molecular flexibility index (Phi) is 4.47. The summed E-state index contributed by atoms with van der Waals surface area (Å²) in [5.74, 6) is 0.983. The van der Waals surface area contributed by atoms with Crippen molar-refractivity contribution in [3.63, 3.8) is 0 Å². The van der Waals surface area contributed by atoms with Crippen LogP contribution in [0.25, 0.3) is 10.8 Å². The van der Waals surface area contributed by atoms with Crippen molar-refractivity contribution in [2.45, 2.75) is 26.2 Å². The van der Waals surface area contributed by atoms with E-state index < -0.39 is 0 Å². The molecule has 0 unspecified atom stereocenters. The minimum Gasteiger partial charge on any atom is -0.459 e. The van der Waals surface area contributed by atoms with Gasteiger partial charge in [-0.25, -0.2) is 4.98 Å². The number of aryl methyl sites for hydroxylation is 1. The second-order valence-corrected chi connectivity index (χ2v) is 6.67. The van der Waals surface area contributed by atoms with E-state index >= 15 is 0 Å². The molecule has 0 spiro atoms. The number of thiazole rings is 1. The highest BCUT2D eigenvalue weighted by molar-refractivity contribution is 7.13. The molecule has 2 N–H and O–H groups in total. The van der Waals surface area contributed by atoms with Crippen molar-refractivity contribution in [3.8, 4) is 10.8 Å². The normalized spacial score (nSPS) is 18.1. The summed E-state index contributed by atoms with van der Waals surface area (Å²) in [4.78, 5) is 29.9. The fraction of sp³-hybridized carbons (Fsp3) is 0.438. The molecule has 6 nitrogen and oxygen atoms in total. The molecule has 3 rings (SSSR count). The maximum atomic E-state index is 12.4. The van der Waals surface area contributed by atoms with Crippen molar-refractivity contribution in [2.75, 3.05) is 13.1 Å². The molecule has 0 radical (unpaired) electrons. The smallest absolute Gasteiger partial charge is 0.228 e. The maximum absolute atomic E-state index is 12.4. The second-order valence-electron chi connectivity index (χ2n) is 5.81. The molecule has 23 heavy (non-hydrogen) atoms. The van der Waals surface area contributed by atoms with Crippen molar-refractivity contribution >= 4 is 23.2 Å². The molecule has 2 aromatic heterocycles. The van der Waals surface area contributed by atoms with Gasteiger partial charge in [0, 0.05) is 18.5 Å². The van der Waals surface area contributed by atoms with Crippen LogP contribution in [-0.2, 0) is 16.0 Å². The van der Waals surface area contributed by atoms with Crippen molar-refractivity contribution in [2.24, 2.45) is 11.7 Å². The van der Waals surface area contributed by atoms with E-state index in [1.807, 2.05) is 24.4 Å². The first-order chi connectivity index (χ1) is 11.0. The SMILES string of the molecule is Cc1ccc(-c2nc(CC(=O)N3CCC[C@@H](C(N)=O)C3)cs2)o1. The van der Waals surface area contributed by atoms with E-state index in [0.29, 0.717) is 13.1 Å². The van der Waals surface area contributed by atoms with E-state index in [2.05, 4.69) is 4.98 Å². The van der Waals surface area contributed by atoms with Gasteiger partial charge in [0.25, 0.3) is 0 Å². The van der Waals surface area contributed by atoms with Gasteiger partial charge in [0.15, 0.2) is 10.8 Å². The second kappa shape index (κ2) is 6.54. The predicted molar refractivity (Wildman–Crippen MR) is 86.8 cm³/mol. The zero-order valence-electron chi connectivity index (χ0n) is 12.9. The molecule has 1 saturated heterocycles. The summed E-state index contributed by atoms with van der Waals surface area (Å²) in [6.07, 6.45) is 1.81. The maximum Gasteiger partial charge on any atom is 0.228 e. The van der Waals surface area contributed by atoms with Crippen molar-refractivity contribution in [1.29, 1.82) is 0 Å². The lowest BCUT2D eigenvalue weighted by Gasteiger charge is -2.31. The Morgan fingerprint density at radius 3 is 3.00 bits per heavy atom. The summed E-state index contributed by atoms with van der Waals surface area (Å²) in [6.45, 7) is 2.98. The number of nitrogens with zero attached hydrogens (tertiary/aromatic N) is 2. The van der Waals surface area contributed by atoms with Crippen LogP contribution in [0.3, 0.4) is 0 Å². The zero-order chi connectivity index (χ0) is 16.4. The number of carbonyl (C=O) groups excluding carboxylic acids is 2. The monoisotopic (exact) mass is 333 g/mol. The van der Waals surface area contributed by atoms with E-state index in [1.54, 1.807) is 4.90 Å². The number of primary amides is 1. The Morgan fingerprint density at radius 2 is 2.30 bits per heavy atom. The van der Waals surface area contributed by atoms with E-state index in [4.69, 9.17) is 10.2 Å². The number of amides is 2. The third-order valence-corrected chi connectivity index (χ3v) is 4.92. The molecule has 0 aliphatic carbocycles. The average molecular weight is 333 g/mol. The van der Waals surface area contributed by atoms with Crippen molar-refractivity contribution in [3.05, 3.63) is 29.0 Å². The van der Waals surface area contributed by atoms with Gasteiger partial charge in [0.1, 0.15) is 5.76 Å². The summed E-state index contributed by atoms with van der Waals surface area (Å²) in [5, 5.41) is 2.65. The van der Waals surface area contributed by atoms with Gasteiger partial charge in [-0.3, -0.25) is 9.59 Å². The molecule has 0 bridgehead atoms. The summed E-state index contributed by atoms with van der Waals surface area (Å²) in [6, 6.07) is 3.77. The van der Waals surface area contributed by atoms with Gasteiger partial charge < -0.3 is 15.1 Å². The number of rotatable bonds is 4. The summed E-state index contributed by atoms with van der Waals surface area (Å²) < 4.78 is 5.55. The summed E-state index contributed by atoms with van der Waals surface area (Å²) >= 11 is 1.46. The number of carbonyl (C=O) groups is 2. The number of hydrogen-bond acceptors (Lipinski definition) is 5.